The molecule has 2 aromatic carbocycles. The van der Waals surface area contributed by atoms with Crippen molar-refractivity contribution >= 4 is 11.6 Å². The molecule has 1 heterocycles. The highest BCUT2D eigenvalue weighted by Gasteiger charge is 2.37. The van der Waals surface area contributed by atoms with E-state index in [-0.39, 0.29) is 5.41 Å². The lowest BCUT2D eigenvalue weighted by atomic mass is 9.68. The van der Waals surface area contributed by atoms with Gasteiger partial charge in [-0.05, 0) is 60.0 Å². The summed E-state index contributed by atoms with van der Waals surface area (Å²) in [6, 6.07) is 15.9. The third-order valence-corrected chi connectivity index (χ3v) is 6.10. The number of hydrogen-bond donors (Lipinski definition) is 1. The second-order valence-corrected chi connectivity index (χ2v) is 7.67. The number of rotatable bonds is 4. The number of phenols is 1. The molecule has 1 fully saturated rings. The van der Waals surface area contributed by atoms with E-state index >= 15 is 0 Å². The monoisotopic (exact) mass is 343 g/mol. The Balaban J connectivity index is 1.64. The first-order valence-electron chi connectivity index (χ1n) is 8.74. The Morgan fingerprint density at radius 2 is 2.00 bits per heavy atom. The molecule has 0 radical (unpaired) electrons. The van der Waals surface area contributed by atoms with Crippen molar-refractivity contribution in [1.82, 2.24) is 4.90 Å². The maximum Gasteiger partial charge on any atom is 0.115 e. The van der Waals surface area contributed by atoms with E-state index in [2.05, 4.69) is 36.9 Å². The van der Waals surface area contributed by atoms with Crippen molar-refractivity contribution in [3.8, 4) is 5.75 Å². The van der Waals surface area contributed by atoms with Crippen LogP contribution in [0.25, 0.3) is 0 Å². The molecule has 1 saturated heterocycles. The summed E-state index contributed by atoms with van der Waals surface area (Å²) in [5.74, 6) is 0.904. The lowest BCUT2D eigenvalue weighted by Gasteiger charge is -2.45. The van der Waals surface area contributed by atoms with Gasteiger partial charge in [0, 0.05) is 18.1 Å². The smallest absolute Gasteiger partial charge is 0.115 e. The molecule has 0 aliphatic carbocycles. The second kappa shape index (κ2) is 7.16. The van der Waals surface area contributed by atoms with E-state index in [0.29, 0.717) is 11.7 Å². The predicted octanol–water partition coefficient (Wildman–Crippen LogP) is 4.89. The van der Waals surface area contributed by atoms with Crippen molar-refractivity contribution in [2.45, 2.75) is 32.1 Å². The Kier molecular flexibility index (Phi) is 5.17. The summed E-state index contributed by atoms with van der Waals surface area (Å²) in [5.41, 5.74) is 2.61. The molecule has 0 spiro atoms. The van der Waals surface area contributed by atoms with Crippen molar-refractivity contribution in [3.05, 3.63) is 64.7 Å². The standard InChI is InChI=1S/C21H26ClNO/c1-16-15-23(12-10-17-6-3-4-9-20(17)22)13-11-21(16,2)18-7-5-8-19(24)14-18/h3-9,14,16,24H,10-13,15H2,1-2H3/t16-,21+/m0/s1. The Morgan fingerprint density at radius 3 is 2.71 bits per heavy atom. The maximum absolute atomic E-state index is 9.81. The van der Waals surface area contributed by atoms with E-state index in [0.717, 1.165) is 37.5 Å². The summed E-state index contributed by atoms with van der Waals surface area (Å²) in [6.45, 7) is 7.87. The van der Waals surface area contributed by atoms with Gasteiger partial charge in [0.1, 0.15) is 5.75 Å². The number of aromatic hydroxyl groups is 1. The molecule has 0 bridgehead atoms. The molecule has 3 heteroatoms. The van der Waals surface area contributed by atoms with Crippen LogP contribution in [0.5, 0.6) is 5.75 Å². The van der Waals surface area contributed by atoms with Crippen LogP contribution in [0.15, 0.2) is 48.5 Å². The Hall–Kier alpha value is -1.51. The van der Waals surface area contributed by atoms with Gasteiger partial charge in [0.25, 0.3) is 0 Å². The van der Waals surface area contributed by atoms with Crippen LogP contribution in [-0.2, 0) is 11.8 Å². The minimum Gasteiger partial charge on any atom is -0.508 e. The van der Waals surface area contributed by atoms with Crippen molar-refractivity contribution in [1.29, 1.82) is 0 Å². The van der Waals surface area contributed by atoms with E-state index in [1.54, 1.807) is 6.07 Å². The van der Waals surface area contributed by atoms with Crippen LogP contribution in [0.4, 0.5) is 0 Å². The zero-order valence-corrected chi connectivity index (χ0v) is 15.3. The van der Waals surface area contributed by atoms with Crippen LogP contribution in [0, 0.1) is 5.92 Å². The zero-order chi connectivity index (χ0) is 17.2. The average molecular weight is 344 g/mol. The van der Waals surface area contributed by atoms with E-state index in [4.69, 9.17) is 11.6 Å². The second-order valence-electron chi connectivity index (χ2n) is 7.26. The van der Waals surface area contributed by atoms with Crippen LogP contribution in [0.3, 0.4) is 0 Å². The fourth-order valence-corrected chi connectivity index (χ4v) is 4.02. The normalized spacial score (nSPS) is 24.9. The number of piperidine rings is 1. The summed E-state index contributed by atoms with van der Waals surface area (Å²) in [5, 5.41) is 10.7. The molecule has 0 aromatic heterocycles. The molecule has 0 amide bonds. The molecule has 128 valence electrons. The number of likely N-dealkylation sites (tertiary alicyclic amines) is 1. The van der Waals surface area contributed by atoms with Gasteiger partial charge < -0.3 is 10.0 Å². The van der Waals surface area contributed by atoms with Crippen molar-refractivity contribution in [3.63, 3.8) is 0 Å². The molecule has 1 N–H and O–H groups in total. The van der Waals surface area contributed by atoms with Crippen molar-refractivity contribution in [2.75, 3.05) is 19.6 Å². The van der Waals surface area contributed by atoms with E-state index in [1.807, 2.05) is 24.3 Å². The highest BCUT2D eigenvalue weighted by molar-refractivity contribution is 6.31. The summed E-state index contributed by atoms with van der Waals surface area (Å²) in [7, 11) is 0. The van der Waals surface area contributed by atoms with E-state index in [1.165, 1.54) is 11.1 Å². The van der Waals surface area contributed by atoms with Crippen LogP contribution < -0.4 is 0 Å². The van der Waals surface area contributed by atoms with Crippen LogP contribution in [0.1, 0.15) is 31.4 Å². The summed E-state index contributed by atoms with van der Waals surface area (Å²) in [4.78, 5) is 2.54. The third-order valence-electron chi connectivity index (χ3n) is 5.73. The molecular formula is C21H26ClNO. The first kappa shape index (κ1) is 17.3. The molecular weight excluding hydrogens is 318 g/mol. The fraction of sp³-hybridized carbons (Fsp3) is 0.429. The van der Waals surface area contributed by atoms with Crippen LogP contribution in [0.2, 0.25) is 5.02 Å². The third kappa shape index (κ3) is 3.60. The number of hydrogen-bond acceptors (Lipinski definition) is 2. The molecule has 1 aliphatic heterocycles. The van der Waals surface area contributed by atoms with E-state index < -0.39 is 0 Å². The Labute approximate surface area is 150 Å². The molecule has 2 nitrogen and oxygen atoms in total. The first-order valence-corrected chi connectivity index (χ1v) is 9.12. The molecule has 0 unspecified atom stereocenters. The van der Waals surface area contributed by atoms with Gasteiger partial charge in [-0.15, -0.1) is 0 Å². The largest absolute Gasteiger partial charge is 0.508 e. The van der Waals surface area contributed by atoms with Crippen LogP contribution in [-0.4, -0.2) is 29.6 Å². The van der Waals surface area contributed by atoms with Gasteiger partial charge in [-0.1, -0.05) is 55.8 Å². The molecule has 2 aromatic rings. The summed E-state index contributed by atoms with van der Waals surface area (Å²) >= 11 is 6.27. The van der Waals surface area contributed by atoms with Gasteiger partial charge in [-0.3, -0.25) is 0 Å². The lowest BCUT2D eigenvalue weighted by molar-refractivity contribution is 0.112. The molecule has 24 heavy (non-hydrogen) atoms. The fourth-order valence-electron chi connectivity index (χ4n) is 3.79. The van der Waals surface area contributed by atoms with Crippen LogP contribution >= 0.6 is 11.6 Å². The number of halogens is 1. The van der Waals surface area contributed by atoms with Crippen molar-refractivity contribution < 1.29 is 5.11 Å². The average Bonchev–Trinajstić information content (AvgIpc) is 2.57. The minimum absolute atomic E-state index is 0.125. The SMILES string of the molecule is C[C@H]1CN(CCc2ccccc2Cl)CC[C@@]1(C)c1cccc(O)c1. The first-order chi connectivity index (χ1) is 11.5. The topological polar surface area (TPSA) is 23.5 Å². The maximum atomic E-state index is 9.81. The lowest BCUT2D eigenvalue weighted by Crippen LogP contribution is -2.47. The molecule has 3 rings (SSSR count). The predicted molar refractivity (Wildman–Crippen MR) is 101 cm³/mol. The number of phenolic OH excluding ortho intramolecular Hbond substituents is 1. The molecule has 1 aliphatic rings. The number of benzene rings is 2. The van der Waals surface area contributed by atoms with E-state index in [9.17, 15) is 5.11 Å². The molecule has 0 saturated carbocycles. The van der Waals surface area contributed by atoms with Gasteiger partial charge in [0.2, 0.25) is 0 Å². The highest BCUT2D eigenvalue weighted by atomic mass is 35.5. The Bertz CT molecular complexity index is 702. The minimum atomic E-state index is 0.125. The zero-order valence-electron chi connectivity index (χ0n) is 14.5. The van der Waals surface area contributed by atoms with Gasteiger partial charge >= 0.3 is 0 Å². The van der Waals surface area contributed by atoms with Gasteiger partial charge in [0.05, 0.1) is 0 Å². The van der Waals surface area contributed by atoms with Gasteiger partial charge in [-0.25, -0.2) is 0 Å². The highest BCUT2D eigenvalue weighted by Crippen LogP contribution is 2.40. The van der Waals surface area contributed by atoms with Crippen molar-refractivity contribution in [2.24, 2.45) is 5.92 Å². The molecule has 2 atom stereocenters. The van der Waals surface area contributed by atoms with Gasteiger partial charge in [-0.2, -0.15) is 0 Å². The number of nitrogens with zero attached hydrogens (tertiary/aromatic N) is 1. The summed E-state index contributed by atoms with van der Waals surface area (Å²) < 4.78 is 0. The van der Waals surface area contributed by atoms with Gasteiger partial charge in [0.15, 0.2) is 0 Å². The Morgan fingerprint density at radius 1 is 1.21 bits per heavy atom. The quantitative estimate of drug-likeness (QED) is 0.854. The summed E-state index contributed by atoms with van der Waals surface area (Å²) in [6.07, 6.45) is 2.11.